The van der Waals surface area contributed by atoms with Gasteiger partial charge < -0.3 is 19.2 Å². The average Bonchev–Trinajstić information content (AvgIpc) is 3.27. The highest BCUT2D eigenvalue weighted by atomic mass is 16.5. The van der Waals surface area contributed by atoms with Gasteiger partial charge in [-0.3, -0.25) is 4.79 Å². The summed E-state index contributed by atoms with van der Waals surface area (Å²) in [6.07, 6.45) is 0.547. The van der Waals surface area contributed by atoms with Crippen molar-refractivity contribution < 1.29 is 19.0 Å². The van der Waals surface area contributed by atoms with Gasteiger partial charge in [-0.2, -0.15) is 0 Å². The van der Waals surface area contributed by atoms with E-state index in [0.29, 0.717) is 40.8 Å². The van der Waals surface area contributed by atoms with Crippen LogP contribution in [0, 0.1) is 6.92 Å². The van der Waals surface area contributed by atoms with Gasteiger partial charge in [0.15, 0.2) is 11.5 Å². The third-order valence-corrected chi connectivity index (χ3v) is 5.47. The molecular weight excluding hydrogens is 416 g/mol. The molecule has 33 heavy (non-hydrogen) atoms. The van der Waals surface area contributed by atoms with Gasteiger partial charge in [-0.1, -0.05) is 60.2 Å². The molecule has 0 amide bonds. The lowest BCUT2D eigenvalue weighted by atomic mass is 10.0. The van der Waals surface area contributed by atoms with E-state index in [1.54, 1.807) is 12.1 Å². The highest BCUT2D eigenvalue weighted by Gasteiger charge is 2.23. The van der Waals surface area contributed by atoms with Crippen LogP contribution in [-0.4, -0.2) is 37.1 Å². The summed E-state index contributed by atoms with van der Waals surface area (Å²) in [6, 6.07) is 21.3. The number of benzene rings is 3. The van der Waals surface area contributed by atoms with Crippen LogP contribution >= 0.6 is 0 Å². The van der Waals surface area contributed by atoms with E-state index in [2.05, 4.69) is 4.98 Å². The largest absolute Gasteiger partial charge is 0.493 e. The lowest BCUT2D eigenvalue weighted by Gasteiger charge is -2.13. The van der Waals surface area contributed by atoms with Crippen molar-refractivity contribution in [2.45, 2.75) is 13.3 Å². The van der Waals surface area contributed by atoms with Gasteiger partial charge in [-0.05, 0) is 24.6 Å². The Bertz CT molecular complexity index is 1240. The van der Waals surface area contributed by atoms with Crippen LogP contribution in [0.4, 0.5) is 0 Å². The van der Waals surface area contributed by atoms with E-state index in [0.717, 1.165) is 22.4 Å². The number of H-pyrrole nitrogens is 1. The fourth-order valence-electron chi connectivity index (χ4n) is 3.72. The first-order valence-corrected chi connectivity index (χ1v) is 10.6. The number of aryl methyl sites for hydroxylation is 1. The van der Waals surface area contributed by atoms with Crippen molar-refractivity contribution in [3.8, 4) is 28.6 Å². The molecular formula is C27H26N2O4. The van der Waals surface area contributed by atoms with Gasteiger partial charge in [-0.15, -0.1) is 0 Å². The number of hydrogen-bond donors (Lipinski definition) is 1. The molecule has 0 atom stereocenters. The van der Waals surface area contributed by atoms with Crippen molar-refractivity contribution in [3.63, 3.8) is 0 Å². The molecule has 0 aliphatic rings. The Balaban J connectivity index is 1.81. The van der Waals surface area contributed by atoms with Crippen molar-refractivity contribution in [2.75, 3.05) is 21.3 Å². The van der Waals surface area contributed by atoms with Crippen LogP contribution in [0.5, 0.6) is 17.2 Å². The van der Waals surface area contributed by atoms with Crippen LogP contribution in [0.2, 0.25) is 0 Å². The Morgan fingerprint density at radius 2 is 1.52 bits per heavy atom. The van der Waals surface area contributed by atoms with Gasteiger partial charge in [-0.25, -0.2) is 4.98 Å². The number of aromatic nitrogens is 2. The van der Waals surface area contributed by atoms with Crippen molar-refractivity contribution in [1.82, 2.24) is 9.97 Å². The summed E-state index contributed by atoms with van der Waals surface area (Å²) in [4.78, 5) is 21.8. The van der Waals surface area contributed by atoms with E-state index < -0.39 is 0 Å². The maximum atomic E-state index is 13.7. The molecule has 0 fully saturated rings. The van der Waals surface area contributed by atoms with E-state index in [4.69, 9.17) is 19.2 Å². The maximum absolute atomic E-state index is 13.7. The Morgan fingerprint density at radius 1 is 0.879 bits per heavy atom. The summed E-state index contributed by atoms with van der Waals surface area (Å²) in [5.41, 5.74) is 4.66. The highest BCUT2D eigenvalue weighted by molar-refractivity contribution is 6.09. The first kappa shape index (κ1) is 22.1. The lowest BCUT2D eigenvalue weighted by molar-refractivity contribution is 0.103. The SMILES string of the molecule is COc1cc(C(=O)c2nc(-c3ccc(C)cc3)[nH]c2Cc2ccccc2)cc(OC)c1OC. The number of nitrogens with zero attached hydrogens (tertiary/aromatic N) is 1. The maximum Gasteiger partial charge on any atom is 0.213 e. The number of ether oxygens (including phenoxy) is 3. The summed E-state index contributed by atoms with van der Waals surface area (Å²) < 4.78 is 16.3. The second kappa shape index (κ2) is 9.61. The van der Waals surface area contributed by atoms with Crippen LogP contribution in [0.1, 0.15) is 32.9 Å². The molecule has 1 N–H and O–H groups in total. The predicted molar refractivity (Wildman–Crippen MR) is 128 cm³/mol. The number of imidazole rings is 1. The third kappa shape index (κ3) is 4.60. The van der Waals surface area contributed by atoms with Crippen molar-refractivity contribution in [3.05, 3.63) is 94.8 Å². The number of nitrogens with one attached hydrogen (secondary N) is 1. The molecule has 0 aliphatic carbocycles. The summed E-state index contributed by atoms with van der Waals surface area (Å²) in [5, 5.41) is 0. The van der Waals surface area contributed by atoms with E-state index in [1.807, 2.05) is 61.5 Å². The Hall–Kier alpha value is -4.06. The van der Waals surface area contributed by atoms with Crippen LogP contribution in [0.25, 0.3) is 11.4 Å². The molecule has 1 heterocycles. The number of carbonyl (C=O) groups excluding carboxylic acids is 1. The van der Waals surface area contributed by atoms with E-state index >= 15 is 0 Å². The molecule has 168 valence electrons. The van der Waals surface area contributed by atoms with E-state index in [9.17, 15) is 4.79 Å². The second-order valence-electron chi connectivity index (χ2n) is 7.68. The van der Waals surface area contributed by atoms with Crippen LogP contribution in [0.3, 0.4) is 0 Å². The predicted octanol–water partition coefficient (Wildman–Crippen LogP) is 5.23. The van der Waals surface area contributed by atoms with E-state index in [1.165, 1.54) is 21.3 Å². The fourth-order valence-corrected chi connectivity index (χ4v) is 3.72. The topological polar surface area (TPSA) is 73.4 Å². The average molecular weight is 443 g/mol. The number of aromatic amines is 1. The molecule has 6 nitrogen and oxygen atoms in total. The summed E-state index contributed by atoms with van der Waals surface area (Å²) in [5.74, 6) is 1.69. The number of rotatable bonds is 8. The van der Waals surface area contributed by atoms with Crippen LogP contribution in [-0.2, 0) is 6.42 Å². The monoisotopic (exact) mass is 442 g/mol. The zero-order valence-corrected chi connectivity index (χ0v) is 19.1. The number of methoxy groups -OCH3 is 3. The zero-order valence-electron chi connectivity index (χ0n) is 19.1. The third-order valence-electron chi connectivity index (χ3n) is 5.47. The number of carbonyl (C=O) groups is 1. The Morgan fingerprint density at radius 3 is 2.09 bits per heavy atom. The molecule has 6 heteroatoms. The Labute approximate surface area is 193 Å². The molecule has 0 saturated heterocycles. The molecule has 0 aliphatic heterocycles. The molecule has 0 spiro atoms. The smallest absolute Gasteiger partial charge is 0.213 e. The first-order valence-electron chi connectivity index (χ1n) is 10.6. The minimum atomic E-state index is -0.227. The fraction of sp³-hybridized carbons (Fsp3) is 0.185. The Kier molecular flexibility index (Phi) is 6.45. The molecule has 0 bridgehead atoms. The van der Waals surface area contributed by atoms with Gasteiger partial charge in [0.1, 0.15) is 11.5 Å². The molecule has 0 unspecified atom stereocenters. The summed E-state index contributed by atoms with van der Waals surface area (Å²) in [6.45, 7) is 2.03. The van der Waals surface area contributed by atoms with Gasteiger partial charge in [0.05, 0.1) is 27.0 Å². The molecule has 4 rings (SSSR count). The standard InChI is InChI=1S/C27H26N2O4/c1-17-10-12-19(13-11-17)27-28-21(14-18-8-6-5-7-9-18)24(29-27)25(30)20-15-22(31-2)26(33-4)23(16-20)32-3/h5-13,15-16H,14H2,1-4H3,(H,28,29). The van der Waals surface area contributed by atoms with Crippen LogP contribution in [0.15, 0.2) is 66.7 Å². The number of ketones is 1. The summed E-state index contributed by atoms with van der Waals surface area (Å²) >= 11 is 0. The van der Waals surface area contributed by atoms with Gasteiger partial charge in [0.2, 0.25) is 11.5 Å². The van der Waals surface area contributed by atoms with Crippen molar-refractivity contribution in [1.29, 1.82) is 0 Å². The highest BCUT2D eigenvalue weighted by Crippen LogP contribution is 2.39. The van der Waals surface area contributed by atoms with Crippen LogP contribution < -0.4 is 14.2 Å². The summed E-state index contributed by atoms with van der Waals surface area (Å²) in [7, 11) is 4.58. The molecule has 3 aromatic carbocycles. The van der Waals surface area contributed by atoms with Crippen molar-refractivity contribution in [2.24, 2.45) is 0 Å². The lowest BCUT2D eigenvalue weighted by Crippen LogP contribution is -2.07. The molecule has 4 aromatic rings. The minimum absolute atomic E-state index is 0.227. The van der Waals surface area contributed by atoms with E-state index in [-0.39, 0.29) is 5.78 Å². The molecule has 0 radical (unpaired) electrons. The zero-order chi connectivity index (χ0) is 23.4. The second-order valence-corrected chi connectivity index (χ2v) is 7.68. The normalized spacial score (nSPS) is 10.7. The molecule has 0 saturated carbocycles. The quantitative estimate of drug-likeness (QED) is 0.378. The first-order chi connectivity index (χ1) is 16.0. The minimum Gasteiger partial charge on any atom is -0.493 e. The van der Waals surface area contributed by atoms with Gasteiger partial charge >= 0.3 is 0 Å². The number of hydrogen-bond acceptors (Lipinski definition) is 5. The van der Waals surface area contributed by atoms with Gasteiger partial charge in [0.25, 0.3) is 0 Å². The van der Waals surface area contributed by atoms with Crippen molar-refractivity contribution >= 4 is 5.78 Å². The van der Waals surface area contributed by atoms with Gasteiger partial charge in [0, 0.05) is 17.5 Å². The molecule has 1 aromatic heterocycles.